The zero-order valence-electron chi connectivity index (χ0n) is 11.7. The highest BCUT2D eigenvalue weighted by atomic mass is 32.2. The maximum Gasteiger partial charge on any atom is 0.241 e. The Balaban J connectivity index is 1.96. The van der Waals surface area contributed by atoms with Crippen LogP contribution in [0.3, 0.4) is 0 Å². The van der Waals surface area contributed by atoms with Crippen LogP contribution in [-0.4, -0.2) is 41.1 Å². The molecule has 3 atom stereocenters. The van der Waals surface area contributed by atoms with Crippen LogP contribution in [0.15, 0.2) is 0 Å². The number of rotatable bonds is 6. The lowest BCUT2D eigenvalue weighted by Gasteiger charge is -2.26. The Morgan fingerprint density at radius 3 is 2.72 bits per heavy atom. The van der Waals surface area contributed by atoms with E-state index in [1.807, 2.05) is 11.8 Å². The van der Waals surface area contributed by atoms with E-state index in [9.17, 15) is 4.79 Å². The minimum absolute atomic E-state index is 0.0839. The van der Waals surface area contributed by atoms with E-state index < -0.39 is 0 Å². The van der Waals surface area contributed by atoms with Gasteiger partial charge in [-0.3, -0.25) is 10.1 Å². The first-order chi connectivity index (χ1) is 8.76. The summed E-state index contributed by atoms with van der Waals surface area (Å²) in [4.78, 5) is 14.6. The lowest BCUT2D eigenvalue weighted by atomic mass is 10.1. The van der Waals surface area contributed by atoms with Gasteiger partial charge in [0.2, 0.25) is 5.91 Å². The smallest absolute Gasteiger partial charge is 0.241 e. The van der Waals surface area contributed by atoms with Crippen molar-refractivity contribution < 1.29 is 4.79 Å². The van der Waals surface area contributed by atoms with Crippen molar-refractivity contribution in [2.24, 2.45) is 5.92 Å². The van der Waals surface area contributed by atoms with Gasteiger partial charge in [-0.2, -0.15) is 11.8 Å². The summed E-state index contributed by atoms with van der Waals surface area (Å²) < 4.78 is 0. The minimum atomic E-state index is 0.0839. The zero-order valence-corrected chi connectivity index (χ0v) is 12.5. The number of hydrogen-bond acceptors (Lipinski definition) is 3. The molecule has 2 fully saturated rings. The molecule has 0 aromatic carbocycles. The number of nitrogens with one attached hydrogen (secondary N) is 1. The van der Waals surface area contributed by atoms with Gasteiger partial charge in [0.05, 0.1) is 12.2 Å². The maximum absolute atomic E-state index is 12.4. The van der Waals surface area contributed by atoms with Crippen LogP contribution in [-0.2, 0) is 4.79 Å². The van der Waals surface area contributed by atoms with Crippen molar-refractivity contribution in [3.05, 3.63) is 0 Å². The number of nitrogens with zero attached hydrogens (tertiary/aromatic N) is 1. The summed E-state index contributed by atoms with van der Waals surface area (Å²) in [5, 5.41) is 3.54. The predicted octanol–water partition coefficient (Wildman–Crippen LogP) is 2.47. The molecule has 1 N–H and O–H groups in total. The van der Waals surface area contributed by atoms with Crippen molar-refractivity contribution in [2.45, 2.75) is 58.2 Å². The number of carbonyl (C=O) groups excluding carboxylic acids is 1. The standard InChI is InChI=1S/C14H26N2OS/c1-3-5-12-14(17)16(13(15-12)6-4-2)9-11-7-8-18-10-11/h11-13,15H,3-10H2,1-2H3. The summed E-state index contributed by atoms with van der Waals surface area (Å²) in [6, 6.07) is 0.0839. The van der Waals surface area contributed by atoms with E-state index in [0.717, 1.165) is 38.1 Å². The SMILES string of the molecule is CCCC1NC(CCC)N(CC2CCSC2)C1=O. The third-order valence-electron chi connectivity index (χ3n) is 3.97. The topological polar surface area (TPSA) is 32.3 Å². The number of hydrogen-bond donors (Lipinski definition) is 1. The second-order valence-electron chi connectivity index (χ2n) is 5.53. The molecule has 2 aliphatic heterocycles. The second-order valence-corrected chi connectivity index (χ2v) is 6.68. The Hall–Kier alpha value is -0.220. The highest BCUT2D eigenvalue weighted by molar-refractivity contribution is 7.99. The van der Waals surface area contributed by atoms with Gasteiger partial charge < -0.3 is 4.90 Å². The monoisotopic (exact) mass is 270 g/mol. The molecule has 0 aromatic rings. The Bertz CT molecular complexity index is 279. The Morgan fingerprint density at radius 1 is 1.33 bits per heavy atom. The molecule has 0 spiro atoms. The van der Waals surface area contributed by atoms with E-state index in [1.54, 1.807) is 0 Å². The second kappa shape index (κ2) is 6.80. The third-order valence-corrected chi connectivity index (χ3v) is 5.20. The highest BCUT2D eigenvalue weighted by Crippen LogP contribution is 2.27. The first-order valence-electron chi connectivity index (χ1n) is 7.40. The van der Waals surface area contributed by atoms with Crippen LogP contribution in [0.25, 0.3) is 0 Å². The molecular weight excluding hydrogens is 244 g/mol. The lowest BCUT2D eigenvalue weighted by molar-refractivity contribution is -0.130. The fourth-order valence-corrected chi connectivity index (χ4v) is 4.25. The number of carbonyl (C=O) groups is 1. The van der Waals surface area contributed by atoms with Crippen LogP contribution in [0.5, 0.6) is 0 Å². The van der Waals surface area contributed by atoms with Crippen molar-refractivity contribution >= 4 is 17.7 Å². The molecule has 0 radical (unpaired) electrons. The molecule has 104 valence electrons. The van der Waals surface area contributed by atoms with Crippen LogP contribution < -0.4 is 5.32 Å². The van der Waals surface area contributed by atoms with Gasteiger partial charge in [-0.15, -0.1) is 0 Å². The van der Waals surface area contributed by atoms with E-state index in [2.05, 4.69) is 24.1 Å². The first-order valence-corrected chi connectivity index (χ1v) is 8.56. The quantitative estimate of drug-likeness (QED) is 0.805. The molecule has 0 aromatic heterocycles. The van der Waals surface area contributed by atoms with Gasteiger partial charge in [-0.05, 0) is 36.7 Å². The first kappa shape index (κ1) is 14.2. The maximum atomic E-state index is 12.4. The molecule has 2 aliphatic rings. The molecule has 0 aliphatic carbocycles. The molecule has 1 amide bonds. The molecule has 3 nitrogen and oxygen atoms in total. The average Bonchev–Trinajstić information content (AvgIpc) is 2.95. The molecule has 3 unspecified atom stereocenters. The van der Waals surface area contributed by atoms with Gasteiger partial charge in [0, 0.05) is 6.54 Å². The van der Waals surface area contributed by atoms with E-state index in [0.29, 0.717) is 12.1 Å². The Labute approximate surface area is 115 Å². The number of amides is 1. The van der Waals surface area contributed by atoms with Gasteiger partial charge in [-0.25, -0.2) is 0 Å². The normalized spacial score (nSPS) is 32.4. The van der Waals surface area contributed by atoms with Gasteiger partial charge in [0.15, 0.2) is 0 Å². The molecule has 0 bridgehead atoms. The minimum Gasteiger partial charge on any atom is -0.325 e. The van der Waals surface area contributed by atoms with Crippen LogP contribution in [0.4, 0.5) is 0 Å². The summed E-state index contributed by atoms with van der Waals surface area (Å²) in [5.74, 6) is 3.59. The van der Waals surface area contributed by atoms with Crippen molar-refractivity contribution in [2.75, 3.05) is 18.1 Å². The molecule has 18 heavy (non-hydrogen) atoms. The third kappa shape index (κ3) is 3.21. The van der Waals surface area contributed by atoms with Crippen molar-refractivity contribution in [3.63, 3.8) is 0 Å². The summed E-state index contributed by atoms with van der Waals surface area (Å²) in [6.07, 6.45) is 5.87. The number of thioether (sulfide) groups is 1. The molecule has 0 saturated carbocycles. The van der Waals surface area contributed by atoms with Gasteiger partial charge >= 0.3 is 0 Å². The molecule has 2 saturated heterocycles. The lowest BCUT2D eigenvalue weighted by Crippen LogP contribution is -2.40. The van der Waals surface area contributed by atoms with Crippen LogP contribution >= 0.6 is 11.8 Å². The average molecular weight is 270 g/mol. The van der Waals surface area contributed by atoms with Crippen LogP contribution in [0.2, 0.25) is 0 Å². The van der Waals surface area contributed by atoms with Crippen molar-refractivity contribution in [3.8, 4) is 0 Å². The highest BCUT2D eigenvalue weighted by Gasteiger charge is 2.38. The zero-order chi connectivity index (χ0) is 13.0. The van der Waals surface area contributed by atoms with E-state index in [1.165, 1.54) is 17.9 Å². The van der Waals surface area contributed by atoms with Crippen molar-refractivity contribution in [1.82, 2.24) is 10.2 Å². The summed E-state index contributed by atoms with van der Waals surface area (Å²) >= 11 is 2.03. The molecular formula is C14H26N2OS. The van der Waals surface area contributed by atoms with Crippen LogP contribution in [0, 0.1) is 5.92 Å². The summed E-state index contributed by atoms with van der Waals surface area (Å²) in [5.41, 5.74) is 0. The Morgan fingerprint density at radius 2 is 2.11 bits per heavy atom. The molecule has 2 rings (SSSR count). The summed E-state index contributed by atoms with van der Waals surface area (Å²) in [7, 11) is 0. The predicted molar refractivity (Wildman–Crippen MR) is 77.7 cm³/mol. The van der Waals surface area contributed by atoms with E-state index in [4.69, 9.17) is 0 Å². The van der Waals surface area contributed by atoms with E-state index >= 15 is 0 Å². The summed E-state index contributed by atoms with van der Waals surface area (Å²) in [6.45, 7) is 5.33. The van der Waals surface area contributed by atoms with Gasteiger partial charge in [-0.1, -0.05) is 26.7 Å². The fraction of sp³-hybridized carbons (Fsp3) is 0.929. The van der Waals surface area contributed by atoms with Gasteiger partial charge in [0.1, 0.15) is 0 Å². The van der Waals surface area contributed by atoms with E-state index in [-0.39, 0.29) is 6.04 Å². The van der Waals surface area contributed by atoms with Gasteiger partial charge in [0.25, 0.3) is 0 Å². The fourth-order valence-electron chi connectivity index (χ4n) is 2.98. The largest absolute Gasteiger partial charge is 0.325 e. The molecule has 2 heterocycles. The van der Waals surface area contributed by atoms with Crippen molar-refractivity contribution in [1.29, 1.82) is 0 Å². The Kier molecular flexibility index (Phi) is 5.37. The molecule has 4 heteroatoms. The van der Waals surface area contributed by atoms with Crippen LogP contribution in [0.1, 0.15) is 46.0 Å².